The standard InChI is InChI=1S/C16H28N4O2S/c1-14(21)17-9-5-3-4-6-11-22-16(13-18-23-19-16)15-8-7-10-20(2)12-15/h8,13,19H,3-7,9-12H2,1-2H3,(H,17,21). The zero-order valence-electron chi connectivity index (χ0n) is 14.1. The molecule has 1 unspecified atom stereocenters. The van der Waals surface area contributed by atoms with Gasteiger partial charge in [0.25, 0.3) is 0 Å². The molecule has 0 saturated heterocycles. The number of likely N-dealkylation sites (N-methyl/N-ethyl adjacent to an activating group) is 1. The normalized spacial score (nSPS) is 24.7. The van der Waals surface area contributed by atoms with Crippen LogP contribution in [0, 0.1) is 0 Å². The summed E-state index contributed by atoms with van der Waals surface area (Å²) in [6, 6.07) is 0. The fourth-order valence-corrected chi connectivity index (χ4v) is 3.40. The topological polar surface area (TPSA) is 66.0 Å². The van der Waals surface area contributed by atoms with Gasteiger partial charge in [-0.05, 0) is 31.9 Å². The lowest BCUT2D eigenvalue weighted by Gasteiger charge is -2.34. The highest BCUT2D eigenvalue weighted by atomic mass is 32.2. The Morgan fingerprint density at radius 3 is 3.00 bits per heavy atom. The molecule has 130 valence electrons. The van der Waals surface area contributed by atoms with E-state index in [1.54, 1.807) is 6.92 Å². The number of nitrogens with zero attached hydrogens (tertiary/aromatic N) is 2. The molecule has 2 aliphatic heterocycles. The van der Waals surface area contributed by atoms with Crippen molar-refractivity contribution in [3.63, 3.8) is 0 Å². The van der Waals surface area contributed by atoms with Crippen LogP contribution in [0.3, 0.4) is 0 Å². The van der Waals surface area contributed by atoms with E-state index < -0.39 is 5.72 Å². The number of unbranched alkanes of at least 4 members (excludes halogenated alkanes) is 3. The Kier molecular flexibility index (Phi) is 7.55. The number of amides is 1. The first-order valence-corrected chi connectivity index (χ1v) is 9.14. The Labute approximate surface area is 143 Å². The monoisotopic (exact) mass is 340 g/mol. The summed E-state index contributed by atoms with van der Waals surface area (Å²) >= 11 is 1.35. The van der Waals surface area contributed by atoms with Crippen LogP contribution in [0.15, 0.2) is 16.0 Å². The Balaban J connectivity index is 1.68. The highest BCUT2D eigenvalue weighted by Gasteiger charge is 2.38. The molecule has 2 aliphatic rings. The maximum absolute atomic E-state index is 10.8. The largest absolute Gasteiger partial charge is 0.356 e. The Hall–Kier alpha value is -0.890. The number of nitrogens with one attached hydrogen (secondary N) is 2. The van der Waals surface area contributed by atoms with Crippen molar-refractivity contribution in [3.8, 4) is 0 Å². The van der Waals surface area contributed by atoms with E-state index in [0.717, 1.165) is 51.7 Å². The molecule has 1 amide bonds. The lowest BCUT2D eigenvalue weighted by molar-refractivity contribution is -0.118. The van der Waals surface area contributed by atoms with Crippen LogP contribution < -0.4 is 10.0 Å². The molecule has 0 aromatic heterocycles. The Morgan fingerprint density at radius 2 is 2.30 bits per heavy atom. The summed E-state index contributed by atoms with van der Waals surface area (Å²) < 4.78 is 13.7. The van der Waals surface area contributed by atoms with Crippen molar-refractivity contribution in [1.29, 1.82) is 0 Å². The molecule has 0 aromatic carbocycles. The molecule has 0 aromatic rings. The van der Waals surface area contributed by atoms with Crippen molar-refractivity contribution in [1.82, 2.24) is 14.9 Å². The lowest BCUT2D eigenvalue weighted by Crippen LogP contribution is -2.49. The molecule has 0 spiro atoms. The maximum atomic E-state index is 10.8. The summed E-state index contributed by atoms with van der Waals surface area (Å²) in [7, 11) is 2.13. The van der Waals surface area contributed by atoms with Crippen LogP contribution >= 0.6 is 12.1 Å². The fourth-order valence-electron chi connectivity index (χ4n) is 2.77. The molecule has 2 rings (SSSR count). The molecule has 0 aliphatic carbocycles. The first-order valence-electron chi connectivity index (χ1n) is 8.36. The fraction of sp³-hybridized carbons (Fsp3) is 0.750. The van der Waals surface area contributed by atoms with Crippen LogP contribution in [0.2, 0.25) is 0 Å². The second-order valence-corrected chi connectivity index (χ2v) is 6.76. The average molecular weight is 340 g/mol. The molecule has 0 saturated carbocycles. The number of rotatable bonds is 9. The third kappa shape index (κ3) is 5.91. The maximum Gasteiger partial charge on any atom is 0.216 e. The Morgan fingerprint density at radius 1 is 1.48 bits per heavy atom. The number of carbonyl (C=O) groups is 1. The molecule has 2 N–H and O–H groups in total. The predicted octanol–water partition coefficient (Wildman–Crippen LogP) is 1.89. The van der Waals surface area contributed by atoms with Crippen molar-refractivity contribution in [2.24, 2.45) is 4.40 Å². The van der Waals surface area contributed by atoms with E-state index in [1.165, 1.54) is 17.7 Å². The van der Waals surface area contributed by atoms with Crippen LogP contribution in [-0.2, 0) is 9.53 Å². The summed E-state index contributed by atoms with van der Waals surface area (Å²) in [5.41, 5.74) is 0.723. The molecule has 1 atom stereocenters. The van der Waals surface area contributed by atoms with Gasteiger partial charge >= 0.3 is 0 Å². The third-order valence-corrected chi connectivity index (χ3v) is 4.68. The van der Waals surface area contributed by atoms with E-state index in [0.29, 0.717) is 6.61 Å². The van der Waals surface area contributed by atoms with Gasteiger partial charge in [-0.1, -0.05) is 18.9 Å². The molecule has 7 heteroatoms. The zero-order chi connectivity index (χ0) is 16.5. The van der Waals surface area contributed by atoms with E-state index >= 15 is 0 Å². The van der Waals surface area contributed by atoms with Gasteiger partial charge in [0.15, 0.2) is 5.72 Å². The highest BCUT2D eigenvalue weighted by molar-refractivity contribution is 7.96. The van der Waals surface area contributed by atoms with Crippen molar-refractivity contribution in [2.45, 2.75) is 44.8 Å². The van der Waals surface area contributed by atoms with E-state index in [4.69, 9.17) is 4.74 Å². The molecule has 2 heterocycles. The van der Waals surface area contributed by atoms with Crippen LogP contribution in [-0.4, -0.2) is 56.0 Å². The lowest BCUT2D eigenvalue weighted by atomic mass is 10.00. The summed E-state index contributed by atoms with van der Waals surface area (Å²) in [4.78, 5) is 13.1. The van der Waals surface area contributed by atoms with Gasteiger partial charge in [-0.2, -0.15) is 0 Å². The van der Waals surface area contributed by atoms with E-state index in [9.17, 15) is 4.79 Å². The number of ether oxygens (including phenoxy) is 1. The van der Waals surface area contributed by atoms with Crippen LogP contribution in [0.4, 0.5) is 0 Å². The summed E-state index contributed by atoms with van der Waals surface area (Å²) in [5, 5.41) is 2.82. The van der Waals surface area contributed by atoms with Gasteiger partial charge in [-0.3, -0.25) is 4.79 Å². The SMILES string of the molecule is CC(=O)NCCCCCCOC1(C2=CCCN(C)C2)C=NSN1. The summed E-state index contributed by atoms with van der Waals surface area (Å²) in [6.07, 6.45) is 9.48. The van der Waals surface area contributed by atoms with Crippen LogP contribution in [0.1, 0.15) is 39.0 Å². The van der Waals surface area contributed by atoms with Gasteiger partial charge in [0.2, 0.25) is 5.91 Å². The van der Waals surface area contributed by atoms with E-state index in [2.05, 4.69) is 32.5 Å². The van der Waals surface area contributed by atoms with Gasteiger partial charge in [0, 0.05) is 33.2 Å². The molecule has 0 fully saturated rings. The second kappa shape index (κ2) is 9.42. The minimum Gasteiger partial charge on any atom is -0.356 e. The molecule has 0 radical (unpaired) electrons. The van der Waals surface area contributed by atoms with Gasteiger partial charge in [-0.25, -0.2) is 9.12 Å². The predicted molar refractivity (Wildman–Crippen MR) is 95.3 cm³/mol. The van der Waals surface area contributed by atoms with Crippen molar-refractivity contribution in [3.05, 3.63) is 11.6 Å². The van der Waals surface area contributed by atoms with Crippen LogP contribution in [0.25, 0.3) is 0 Å². The minimum atomic E-state index is -0.532. The number of carbonyl (C=O) groups excluding carboxylic acids is 1. The molecule has 0 bridgehead atoms. The quantitative estimate of drug-likeness (QED) is 0.381. The molecular weight excluding hydrogens is 312 g/mol. The van der Waals surface area contributed by atoms with Crippen LogP contribution in [0.5, 0.6) is 0 Å². The Bertz CT molecular complexity index is 455. The summed E-state index contributed by atoms with van der Waals surface area (Å²) in [5.74, 6) is 0.0464. The van der Waals surface area contributed by atoms with Gasteiger partial charge in [0.1, 0.15) is 0 Å². The van der Waals surface area contributed by atoms with Gasteiger partial charge in [-0.15, -0.1) is 0 Å². The zero-order valence-corrected chi connectivity index (χ0v) is 15.0. The molecular formula is C16H28N4O2S. The van der Waals surface area contributed by atoms with Gasteiger partial charge in [0.05, 0.1) is 18.3 Å². The van der Waals surface area contributed by atoms with E-state index in [-0.39, 0.29) is 5.91 Å². The smallest absolute Gasteiger partial charge is 0.216 e. The number of hydrogen-bond donors (Lipinski definition) is 2. The second-order valence-electron chi connectivity index (χ2n) is 6.16. The highest BCUT2D eigenvalue weighted by Crippen LogP contribution is 2.28. The van der Waals surface area contributed by atoms with Gasteiger partial charge < -0.3 is 15.0 Å². The summed E-state index contributed by atoms with van der Waals surface area (Å²) in [6.45, 7) is 5.04. The van der Waals surface area contributed by atoms with Crippen molar-refractivity contribution >= 4 is 24.3 Å². The molecule has 6 nitrogen and oxygen atoms in total. The third-order valence-electron chi connectivity index (χ3n) is 4.08. The average Bonchev–Trinajstić information content (AvgIpc) is 3.00. The minimum absolute atomic E-state index is 0.0464. The van der Waals surface area contributed by atoms with E-state index in [1.807, 2.05) is 6.21 Å². The first kappa shape index (κ1) is 18.4. The molecule has 23 heavy (non-hydrogen) atoms. The van der Waals surface area contributed by atoms with Crippen molar-refractivity contribution in [2.75, 3.05) is 33.3 Å². The number of hydrogen-bond acceptors (Lipinski definition) is 6. The first-order chi connectivity index (χ1) is 11.1. The van der Waals surface area contributed by atoms with Crippen molar-refractivity contribution < 1.29 is 9.53 Å².